The lowest BCUT2D eigenvalue weighted by atomic mass is 10.1. The molecule has 0 radical (unpaired) electrons. The van der Waals surface area contributed by atoms with E-state index < -0.39 is 33.6 Å². The normalized spacial score (nSPS) is 15.5. The van der Waals surface area contributed by atoms with Crippen molar-refractivity contribution in [3.8, 4) is 0 Å². The summed E-state index contributed by atoms with van der Waals surface area (Å²) in [5.41, 5.74) is 0.275. The fraction of sp³-hybridized carbons (Fsp3) is 0.278. The van der Waals surface area contributed by atoms with Gasteiger partial charge in [0, 0.05) is 23.2 Å². The van der Waals surface area contributed by atoms with E-state index in [1.54, 1.807) is 6.92 Å². The fourth-order valence-electron chi connectivity index (χ4n) is 2.50. The number of halogens is 2. The predicted octanol–water partition coefficient (Wildman–Crippen LogP) is 2.90. The third kappa shape index (κ3) is 4.25. The average Bonchev–Trinajstić information content (AvgIpc) is 3.38. The third-order valence-corrected chi connectivity index (χ3v) is 5.60. The van der Waals surface area contributed by atoms with E-state index in [0.29, 0.717) is 0 Å². The summed E-state index contributed by atoms with van der Waals surface area (Å²) in [7, 11) is -3.68. The minimum Gasteiger partial charge on any atom is -0.345 e. The minimum atomic E-state index is -3.68. The van der Waals surface area contributed by atoms with Gasteiger partial charge in [0.2, 0.25) is 10.0 Å². The van der Waals surface area contributed by atoms with Gasteiger partial charge < -0.3 is 5.32 Å². The zero-order chi connectivity index (χ0) is 18.9. The Balaban J connectivity index is 1.76. The predicted molar refractivity (Wildman–Crippen MR) is 92.0 cm³/mol. The van der Waals surface area contributed by atoms with Crippen LogP contribution in [0.15, 0.2) is 47.4 Å². The van der Waals surface area contributed by atoms with Gasteiger partial charge in [0.15, 0.2) is 0 Å². The van der Waals surface area contributed by atoms with E-state index >= 15 is 0 Å². The van der Waals surface area contributed by atoms with Crippen LogP contribution in [0.3, 0.4) is 0 Å². The standard InChI is InChI=1S/C18H18F2N2O3S/c1-11(16-8-5-13(19)10-17(16)20)21-18(23)12-3-2-4-15(9-12)26(24,25)22-14-6-7-14/h2-5,8-11,14,22H,6-7H2,1H3,(H,21,23)/t11-/m0/s1. The molecule has 1 atom stereocenters. The Morgan fingerprint density at radius 2 is 1.88 bits per heavy atom. The largest absolute Gasteiger partial charge is 0.345 e. The quantitative estimate of drug-likeness (QED) is 0.809. The molecule has 0 aromatic heterocycles. The van der Waals surface area contributed by atoms with Gasteiger partial charge in [0.1, 0.15) is 11.6 Å². The van der Waals surface area contributed by atoms with E-state index in [-0.39, 0.29) is 22.1 Å². The highest BCUT2D eigenvalue weighted by Crippen LogP contribution is 2.23. The van der Waals surface area contributed by atoms with Crippen LogP contribution < -0.4 is 10.0 Å². The number of sulfonamides is 1. The van der Waals surface area contributed by atoms with Crippen molar-refractivity contribution >= 4 is 15.9 Å². The molecule has 3 rings (SSSR count). The van der Waals surface area contributed by atoms with E-state index in [2.05, 4.69) is 10.0 Å². The molecule has 0 heterocycles. The molecule has 0 unspecified atom stereocenters. The minimum absolute atomic E-state index is 0.00216. The van der Waals surface area contributed by atoms with Crippen LogP contribution in [0.4, 0.5) is 8.78 Å². The molecule has 2 aromatic carbocycles. The molecule has 1 aliphatic rings. The molecule has 2 N–H and O–H groups in total. The molecule has 0 bridgehead atoms. The van der Waals surface area contributed by atoms with E-state index in [1.807, 2.05) is 0 Å². The average molecular weight is 380 g/mol. The highest BCUT2D eigenvalue weighted by atomic mass is 32.2. The van der Waals surface area contributed by atoms with Crippen LogP contribution in [0.2, 0.25) is 0 Å². The van der Waals surface area contributed by atoms with Crippen molar-refractivity contribution in [3.63, 3.8) is 0 Å². The fourth-order valence-corrected chi connectivity index (χ4v) is 3.85. The summed E-state index contributed by atoms with van der Waals surface area (Å²) >= 11 is 0. The van der Waals surface area contributed by atoms with Gasteiger partial charge in [-0.25, -0.2) is 21.9 Å². The lowest BCUT2D eigenvalue weighted by Crippen LogP contribution is -2.28. The number of rotatable bonds is 6. The van der Waals surface area contributed by atoms with Crippen LogP contribution in [0.5, 0.6) is 0 Å². The molecule has 138 valence electrons. The van der Waals surface area contributed by atoms with Crippen molar-refractivity contribution in [1.29, 1.82) is 0 Å². The number of amides is 1. The van der Waals surface area contributed by atoms with Crippen LogP contribution in [-0.2, 0) is 10.0 Å². The zero-order valence-electron chi connectivity index (χ0n) is 14.0. The van der Waals surface area contributed by atoms with Gasteiger partial charge in [0.05, 0.1) is 10.9 Å². The second-order valence-electron chi connectivity index (χ2n) is 6.28. The maximum Gasteiger partial charge on any atom is 0.251 e. The van der Waals surface area contributed by atoms with Crippen molar-refractivity contribution in [1.82, 2.24) is 10.0 Å². The summed E-state index contributed by atoms with van der Waals surface area (Å²) in [6, 6.07) is 7.98. The number of carbonyl (C=O) groups is 1. The Morgan fingerprint density at radius 3 is 2.54 bits per heavy atom. The Morgan fingerprint density at radius 1 is 1.15 bits per heavy atom. The summed E-state index contributed by atoms with van der Waals surface area (Å²) in [6.07, 6.45) is 1.61. The maximum atomic E-state index is 13.8. The van der Waals surface area contributed by atoms with E-state index in [0.717, 1.165) is 25.0 Å². The molecule has 26 heavy (non-hydrogen) atoms. The molecule has 0 saturated heterocycles. The molecule has 1 saturated carbocycles. The Kier molecular flexibility index (Phi) is 5.06. The zero-order valence-corrected chi connectivity index (χ0v) is 14.8. The van der Waals surface area contributed by atoms with Crippen LogP contribution >= 0.6 is 0 Å². The highest BCUT2D eigenvalue weighted by Gasteiger charge is 2.28. The molecule has 5 nitrogen and oxygen atoms in total. The Hall–Kier alpha value is -2.32. The van der Waals surface area contributed by atoms with Gasteiger partial charge in [-0.15, -0.1) is 0 Å². The molecule has 1 fully saturated rings. The second kappa shape index (κ2) is 7.13. The summed E-state index contributed by atoms with van der Waals surface area (Å²) < 4.78 is 53.9. The van der Waals surface area contributed by atoms with Crippen LogP contribution in [0, 0.1) is 11.6 Å². The number of carbonyl (C=O) groups excluding carboxylic acids is 1. The van der Waals surface area contributed by atoms with Crippen LogP contribution in [0.1, 0.15) is 41.7 Å². The number of hydrogen-bond acceptors (Lipinski definition) is 3. The molecule has 1 amide bonds. The van der Waals surface area contributed by atoms with Gasteiger partial charge in [-0.05, 0) is 44.0 Å². The summed E-state index contributed by atoms with van der Waals surface area (Å²) in [5, 5.41) is 2.59. The Bertz CT molecular complexity index is 943. The first-order chi connectivity index (χ1) is 12.3. The Labute approximate surface area is 150 Å². The summed E-state index contributed by atoms with van der Waals surface area (Å²) in [4.78, 5) is 12.4. The van der Waals surface area contributed by atoms with E-state index in [9.17, 15) is 22.0 Å². The van der Waals surface area contributed by atoms with Crippen molar-refractivity contribution in [2.45, 2.75) is 36.7 Å². The maximum absolute atomic E-state index is 13.8. The summed E-state index contributed by atoms with van der Waals surface area (Å²) in [5.74, 6) is -2.02. The number of hydrogen-bond donors (Lipinski definition) is 2. The smallest absolute Gasteiger partial charge is 0.251 e. The van der Waals surface area contributed by atoms with Crippen molar-refractivity contribution in [3.05, 3.63) is 65.2 Å². The lowest BCUT2D eigenvalue weighted by Gasteiger charge is -2.15. The topological polar surface area (TPSA) is 75.3 Å². The lowest BCUT2D eigenvalue weighted by molar-refractivity contribution is 0.0939. The van der Waals surface area contributed by atoms with Gasteiger partial charge in [-0.2, -0.15) is 0 Å². The first-order valence-electron chi connectivity index (χ1n) is 8.14. The molecule has 1 aliphatic carbocycles. The van der Waals surface area contributed by atoms with Crippen molar-refractivity contribution < 1.29 is 22.0 Å². The third-order valence-electron chi connectivity index (χ3n) is 4.08. The first-order valence-corrected chi connectivity index (χ1v) is 9.63. The number of benzene rings is 2. The molecule has 2 aromatic rings. The van der Waals surface area contributed by atoms with Gasteiger partial charge >= 0.3 is 0 Å². The van der Waals surface area contributed by atoms with Crippen LogP contribution in [-0.4, -0.2) is 20.4 Å². The number of nitrogens with one attached hydrogen (secondary N) is 2. The van der Waals surface area contributed by atoms with Gasteiger partial charge in [-0.1, -0.05) is 12.1 Å². The monoisotopic (exact) mass is 380 g/mol. The first kappa shape index (κ1) is 18.5. The molecule has 0 spiro atoms. The van der Waals surface area contributed by atoms with E-state index in [4.69, 9.17) is 0 Å². The van der Waals surface area contributed by atoms with Crippen molar-refractivity contribution in [2.24, 2.45) is 0 Å². The molecule has 8 heteroatoms. The molecular formula is C18H18F2N2O3S. The van der Waals surface area contributed by atoms with Crippen LogP contribution in [0.25, 0.3) is 0 Å². The molecular weight excluding hydrogens is 362 g/mol. The van der Waals surface area contributed by atoms with Gasteiger partial charge in [-0.3, -0.25) is 4.79 Å². The van der Waals surface area contributed by atoms with Gasteiger partial charge in [0.25, 0.3) is 5.91 Å². The summed E-state index contributed by atoms with van der Waals surface area (Å²) in [6.45, 7) is 1.56. The van der Waals surface area contributed by atoms with E-state index in [1.165, 1.54) is 30.3 Å². The SMILES string of the molecule is C[C@H](NC(=O)c1cccc(S(=O)(=O)NC2CC2)c1)c1ccc(F)cc1F. The second-order valence-corrected chi connectivity index (χ2v) is 8.00. The highest BCUT2D eigenvalue weighted by molar-refractivity contribution is 7.89. The van der Waals surface area contributed by atoms with Crippen molar-refractivity contribution in [2.75, 3.05) is 0 Å². The molecule has 0 aliphatic heterocycles.